The molecule has 6 rings (SSSR count). The molecule has 0 bridgehead atoms. The van der Waals surface area contributed by atoms with Crippen LogP contribution < -0.4 is 5.32 Å². The molecule has 0 saturated heterocycles. The van der Waals surface area contributed by atoms with E-state index in [4.69, 9.17) is 5.10 Å². The van der Waals surface area contributed by atoms with Gasteiger partial charge in [-0.3, -0.25) is 4.79 Å². The maximum atomic E-state index is 13.0. The molecular formula is C25H25N3O. The Morgan fingerprint density at radius 3 is 2.24 bits per heavy atom. The van der Waals surface area contributed by atoms with Crippen molar-refractivity contribution in [3.05, 3.63) is 77.6 Å². The first-order valence-electron chi connectivity index (χ1n) is 10.8. The fourth-order valence-corrected chi connectivity index (χ4v) is 4.34. The fourth-order valence-electron chi connectivity index (χ4n) is 4.34. The van der Waals surface area contributed by atoms with Crippen LogP contribution in [0.2, 0.25) is 0 Å². The Kier molecular flexibility index (Phi) is 3.70. The first-order valence-corrected chi connectivity index (χ1v) is 10.8. The molecule has 1 heterocycles. The molecule has 4 nitrogen and oxygen atoms in total. The predicted octanol–water partition coefficient (Wildman–Crippen LogP) is 5.30. The van der Waals surface area contributed by atoms with E-state index in [0.717, 1.165) is 29.8 Å². The van der Waals surface area contributed by atoms with E-state index >= 15 is 0 Å². The lowest BCUT2D eigenvalue weighted by Crippen LogP contribution is -2.27. The van der Waals surface area contributed by atoms with Crippen LogP contribution in [0.3, 0.4) is 0 Å². The lowest BCUT2D eigenvalue weighted by molar-refractivity contribution is -0.118. The molecule has 2 aromatic carbocycles. The van der Waals surface area contributed by atoms with Crippen molar-refractivity contribution in [2.45, 2.75) is 55.8 Å². The second kappa shape index (κ2) is 6.31. The van der Waals surface area contributed by atoms with Crippen LogP contribution in [0, 0.1) is 0 Å². The van der Waals surface area contributed by atoms with Gasteiger partial charge in [0.15, 0.2) is 0 Å². The van der Waals surface area contributed by atoms with Crippen LogP contribution in [0.25, 0.3) is 5.69 Å². The van der Waals surface area contributed by atoms with Crippen LogP contribution in [0.15, 0.2) is 60.7 Å². The molecule has 0 unspecified atom stereocenters. The second-order valence-electron chi connectivity index (χ2n) is 8.90. The van der Waals surface area contributed by atoms with Gasteiger partial charge in [-0.05, 0) is 74.4 Å². The highest BCUT2D eigenvalue weighted by Crippen LogP contribution is 2.49. The van der Waals surface area contributed by atoms with Gasteiger partial charge >= 0.3 is 0 Å². The Morgan fingerprint density at radius 2 is 1.62 bits per heavy atom. The summed E-state index contributed by atoms with van der Waals surface area (Å²) in [6.45, 7) is 0. The zero-order chi connectivity index (χ0) is 19.4. The van der Waals surface area contributed by atoms with Crippen LogP contribution in [0.5, 0.6) is 0 Å². The van der Waals surface area contributed by atoms with Crippen LogP contribution in [-0.2, 0) is 10.2 Å². The van der Waals surface area contributed by atoms with Crippen molar-refractivity contribution in [1.29, 1.82) is 0 Å². The summed E-state index contributed by atoms with van der Waals surface area (Å²) in [6, 6.07) is 20.6. The minimum Gasteiger partial charge on any atom is -0.325 e. The highest BCUT2D eigenvalue weighted by molar-refractivity contribution is 6.01. The van der Waals surface area contributed by atoms with Crippen molar-refractivity contribution in [3.63, 3.8) is 0 Å². The van der Waals surface area contributed by atoms with Crippen molar-refractivity contribution >= 4 is 11.6 Å². The zero-order valence-electron chi connectivity index (χ0n) is 16.5. The number of nitrogens with one attached hydrogen (secondary N) is 1. The summed E-state index contributed by atoms with van der Waals surface area (Å²) < 4.78 is 2.13. The normalized spacial score (nSPS) is 19.7. The molecule has 1 amide bonds. The summed E-state index contributed by atoms with van der Waals surface area (Å²) in [5.41, 5.74) is 5.31. The van der Waals surface area contributed by atoms with E-state index in [9.17, 15) is 4.79 Å². The molecular weight excluding hydrogens is 358 g/mol. The highest BCUT2D eigenvalue weighted by atomic mass is 16.2. The second-order valence-corrected chi connectivity index (χ2v) is 8.90. The van der Waals surface area contributed by atoms with Crippen molar-refractivity contribution in [3.8, 4) is 5.69 Å². The average molecular weight is 383 g/mol. The quantitative estimate of drug-likeness (QED) is 0.628. The maximum Gasteiger partial charge on any atom is 0.235 e. The van der Waals surface area contributed by atoms with Gasteiger partial charge in [-0.25, -0.2) is 4.68 Å². The van der Waals surface area contributed by atoms with Crippen molar-refractivity contribution in [2.24, 2.45) is 0 Å². The van der Waals surface area contributed by atoms with Crippen molar-refractivity contribution in [1.82, 2.24) is 9.78 Å². The third-order valence-corrected chi connectivity index (χ3v) is 6.63. The molecule has 0 atom stereocenters. The lowest BCUT2D eigenvalue weighted by Gasteiger charge is -2.16. The van der Waals surface area contributed by atoms with E-state index in [0.29, 0.717) is 11.8 Å². The number of benzene rings is 2. The molecule has 3 fully saturated rings. The number of hydrogen-bond donors (Lipinski definition) is 1. The van der Waals surface area contributed by atoms with E-state index < -0.39 is 0 Å². The lowest BCUT2D eigenvalue weighted by atomic mass is 9.95. The van der Waals surface area contributed by atoms with Gasteiger partial charge in [-0.1, -0.05) is 30.3 Å². The van der Waals surface area contributed by atoms with Gasteiger partial charge in [0.1, 0.15) is 0 Å². The summed E-state index contributed by atoms with van der Waals surface area (Å²) in [7, 11) is 0. The van der Waals surface area contributed by atoms with Crippen LogP contribution in [0.1, 0.15) is 67.3 Å². The molecule has 4 heteroatoms. The molecule has 0 spiro atoms. The maximum absolute atomic E-state index is 13.0. The smallest absolute Gasteiger partial charge is 0.235 e. The first-order chi connectivity index (χ1) is 14.2. The van der Waals surface area contributed by atoms with Gasteiger partial charge in [0.2, 0.25) is 5.91 Å². The van der Waals surface area contributed by atoms with Gasteiger partial charge in [0.25, 0.3) is 0 Å². The molecule has 3 aliphatic rings. The molecule has 3 aromatic rings. The number of amides is 1. The van der Waals surface area contributed by atoms with Crippen molar-refractivity contribution in [2.75, 3.05) is 5.32 Å². The van der Waals surface area contributed by atoms with Crippen LogP contribution >= 0.6 is 0 Å². The Labute approximate surface area is 170 Å². The standard InChI is InChI=1S/C25H25N3O/c29-24(25(14-15-25)19-4-2-1-3-5-19)26-20-10-12-21(13-11-20)28-23(18-8-9-18)16-22(27-28)17-6-7-17/h1-5,10-13,16-18H,6-9,14-15H2,(H,26,29). The summed E-state index contributed by atoms with van der Waals surface area (Å²) in [5.74, 6) is 1.43. The third-order valence-electron chi connectivity index (χ3n) is 6.63. The summed E-state index contributed by atoms with van der Waals surface area (Å²) >= 11 is 0. The number of carbonyl (C=O) groups excluding carboxylic acids is 1. The fraction of sp³-hybridized carbons (Fsp3) is 0.360. The average Bonchev–Trinajstić information content (AvgIpc) is 3.62. The van der Waals surface area contributed by atoms with E-state index in [-0.39, 0.29) is 11.3 Å². The molecule has 0 aliphatic heterocycles. The number of carbonyl (C=O) groups is 1. The minimum absolute atomic E-state index is 0.102. The summed E-state index contributed by atoms with van der Waals surface area (Å²) in [4.78, 5) is 13.0. The number of rotatable bonds is 6. The molecule has 3 saturated carbocycles. The van der Waals surface area contributed by atoms with E-state index in [2.05, 4.69) is 40.3 Å². The summed E-state index contributed by atoms with van der Waals surface area (Å²) in [5, 5.41) is 8.05. The molecule has 146 valence electrons. The van der Waals surface area contributed by atoms with E-state index in [1.165, 1.54) is 37.1 Å². The molecule has 1 N–H and O–H groups in total. The molecule has 1 aromatic heterocycles. The monoisotopic (exact) mass is 383 g/mol. The van der Waals surface area contributed by atoms with Gasteiger partial charge in [-0.15, -0.1) is 0 Å². The molecule has 0 radical (unpaired) electrons. The van der Waals surface area contributed by atoms with Gasteiger partial charge < -0.3 is 5.32 Å². The third kappa shape index (κ3) is 3.07. The predicted molar refractivity (Wildman–Crippen MR) is 113 cm³/mol. The molecule has 29 heavy (non-hydrogen) atoms. The molecule has 3 aliphatic carbocycles. The van der Waals surface area contributed by atoms with Gasteiger partial charge in [-0.2, -0.15) is 5.10 Å². The number of nitrogens with zero attached hydrogens (tertiary/aromatic N) is 2. The Balaban J connectivity index is 1.22. The Bertz CT molecular complexity index is 1060. The Hall–Kier alpha value is -2.88. The topological polar surface area (TPSA) is 46.9 Å². The van der Waals surface area contributed by atoms with Crippen molar-refractivity contribution < 1.29 is 4.79 Å². The largest absolute Gasteiger partial charge is 0.325 e. The number of anilines is 1. The highest BCUT2D eigenvalue weighted by Gasteiger charge is 2.51. The number of hydrogen-bond acceptors (Lipinski definition) is 2. The SMILES string of the molecule is O=C(Nc1ccc(-n2nc(C3CC3)cc2C2CC2)cc1)C1(c2ccccc2)CC1. The first kappa shape index (κ1) is 17.0. The summed E-state index contributed by atoms with van der Waals surface area (Å²) in [6.07, 6.45) is 6.92. The van der Waals surface area contributed by atoms with Crippen LogP contribution in [-0.4, -0.2) is 15.7 Å². The Morgan fingerprint density at radius 1 is 0.931 bits per heavy atom. The van der Waals surface area contributed by atoms with E-state index in [1.807, 2.05) is 30.3 Å². The number of aromatic nitrogens is 2. The van der Waals surface area contributed by atoms with Crippen LogP contribution in [0.4, 0.5) is 5.69 Å². The zero-order valence-corrected chi connectivity index (χ0v) is 16.5. The van der Waals surface area contributed by atoms with Gasteiger partial charge in [0.05, 0.1) is 16.8 Å². The van der Waals surface area contributed by atoms with E-state index in [1.54, 1.807) is 0 Å². The van der Waals surface area contributed by atoms with Gasteiger partial charge in [0, 0.05) is 23.2 Å². The minimum atomic E-state index is -0.347.